The van der Waals surface area contributed by atoms with E-state index in [-0.39, 0.29) is 64.1 Å². The van der Waals surface area contributed by atoms with Crippen LogP contribution in [0, 0.1) is 10.1 Å². The van der Waals surface area contributed by atoms with Gasteiger partial charge in [0.15, 0.2) is 0 Å². The third kappa shape index (κ3) is 8.76. The van der Waals surface area contributed by atoms with Crippen molar-refractivity contribution in [1.29, 1.82) is 0 Å². The minimum Gasteiger partial charge on any atom is -0.412 e. The average molecular weight is 346 g/mol. The van der Waals surface area contributed by atoms with Crippen LogP contribution >= 0.6 is 0 Å². The number of nitrogens with zero attached hydrogens (tertiary/aromatic N) is 4. The second kappa shape index (κ2) is 11.2. The van der Waals surface area contributed by atoms with Crippen LogP contribution in [0.15, 0.2) is 23.3 Å². The van der Waals surface area contributed by atoms with Crippen LogP contribution in [0.2, 0.25) is 0 Å². The van der Waals surface area contributed by atoms with E-state index in [0.29, 0.717) is 0 Å². The van der Waals surface area contributed by atoms with Gasteiger partial charge in [-0.3, -0.25) is 14.7 Å². The fourth-order valence-corrected chi connectivity index (χ4v) is 1.61. The van der Waals surface area contributed by atoms with Gasteiger partial charge in [0.05, 0.1) is 10.7 Å². The molecular formula is C8H13N5NaO7S. The molecule has 1 aromatic carbocycles. The number of rotatable bonds is 6. The van der Waals surface area contributed by atoms with Crippen LogP contribution in [0.25, 0.3) is 10.4 Å². The maximum Gasteiger partial charge on any atom is 0.292 e. The molecule has 0 aliphatic heterocycles. The van der Waals surface area contributed by atoms with Crippen LogP contribution in [0.1, 0.15) is 0 Å². The molecule has 119 valence electrons. The Morgan fingerprint density at radius 3 is 2.45 bits per heavy atom. The molecule has 22 heavy (non-hydrogen) atoms. The van der Waals surface area contributed by atoms with Crippen LogP contribution in [0.4, 0.5) is 17.1 Å². The van der Waals surface area contributed by atoms with Gasteiger partial charge in [0.1, 0.15) is 5.69 Å². The van der Waals surface area contributed by atoms with Crippen molar-refractivity contribution in [3.63, 3.8) is 0 Å². The van der Waals surface area contributed by atoms with Gasteiger partial charge in [0.25, 0.3) is 15.8 Å². The Morgan fingerprint density at radius 2 is 2.00 bits per heavy atom. The summed E-state index contributed by atoms with van der Waals surface area (Å²) in [6, 6.07) is 3.67. The maximum atomic E-state index is 10.8. The van der Waals surface area contributed by atoms with Crippen molar-refractivity contribution in [3.8, 4) is 0 Å². The molecule has 0 bridgehead atoms. The Kier molecular flexibility index (Phi) is 13.0. The van der Waals surface area contributed by atoms with Gasteiger partial charge >= 0.3 is 0 Å². The molecule has 0 fully saturated rings. The first-order valence-corrected chi connectivity index (χ1v) is 6.47. The van der Waals surface area contributed by atoms with E-state index in [9.17, 15) is 18.5 Å². The monoisotopic (exact) mass is 346 g/mol. The molecule has 1 aromatic rings. The molecule has 0 amide bonds. The summed E-state index contributed by atoms with van der Waals surface area (Å²) in [7, 11) is -4.14. The van der Waals surface area contributed by atoms with Crippen molar-refractivity contribution in [2.24, 2.45) is 5.11 Å². The van der Waals surface area contributed by atoms with Crippen LogP contribution in [-0.2, 0) is 10.1 Å². The van der Waals surface area contributed by atoms with E-state index in [1.165, 1.54) is 12.1 Å². The van der Waals surface area contributed by atoms with Crippen LogP contribution in [-0.4, -0.2) is 70.7 Å². The maximum absolute atomic E-state index is 10.8. The normalized spacial score (nSPS) is 9.14. The van der Waals surface area contributed by atoms with E-state index in [1.54, 1.807) is 0 Å². The molecule has 0 unspecified atom stereocenters. The number of benzene rings is 1. The molecule has 0 aliphatic carbocycles. The molecular weight excluding hydrogens is 333 g/mol. The van der Waals surface area contributed by atoms with Gasteiger partial charge < -0.3 is 16.3 Å². The molecule has 0 aliphatic rings. The molecule has 0 atom stereocenters. The molecule has 0 spiro atoms. The number of hydrogen-bond donors (Lipinski definition) is 2. The van der Waals surface area contributed by atoms with Crippen molar-refractivity contribution < 1.29 is 28.8 Å². The molecule has 0 aromatic heterocycles. The molecule has 0 saturated heterocycles. The van der Waals surface area contributed by atoms with Gasteiger partial charge in [0.2, 0.25) is 0 Å². The van der Waals surface area contributed by atoms with Crippen molar-refractivity contribution >= 4 is 56.7 Å². The zero-order chi connectivity index (χ0) is 14.5. The summed E-state index contributed by atoms with van der Waals surface area (Å²) in [4.78, 5) is 12.6. The molecule has 1 radical (unpaired) electrons. The molecule has 12 nitrogen and oxygen atoms in total. The Hall–Kier alpha value is -1.44. The van der Waals surface area contributed by atoms with Crippen LogP contribution in [0.3, 0.4) is 0 Å². The number of nitrogens with one attached hydrogen (secondary N) is 1. The zero-order valence-electron chi connectivity index (χ0n) is 11.4. The van der Waals surface area contributed by atoms with Gasteiger partial charge in [-0.2, -0.15) is 8.42 Å². The SMILES string of the molecule is O.O.[N-]=[N+]=Nc1ccc(NCCS(=O)(=O)O)c([N+](=O)[O-])c1.[Na]. The summed E-state index contributed by atoms with van der Waals surface area (Å²) in [5.41, 5.74) is 7.99. The minimum atomic E-state index is -4.14. The fraction of sp³-hybridized carbons (Fsp3) is 0.250. The first-order chi connectivity index (χ1) is 8.83. The summed E-state index contributed by atoms with van der Waals surface area (Å²) in [5.74, 6) is -0.581. The molecule has 14 heteroatoms. The predicted octanol–water partition coefficient (Wildman–Crippen LogP) is -0.194. The van der Waals surface area contributed by atoms with Gasteiger partial charge in [-0.1, -0.05) is 11.2 Å². The van der Waals surface area contributed by atoms with E-state index < -0.39 is 20.8 Å². The second-order valence-corrected chi connectivity index (χ2v) is 4.93. The Bertz CT molecular complexity index is 646. The first-order valence-electron chi connectivity index (χ1n) is 4.86. The second-order valence-electron chi connectivity index (χ2n) is 3.36. The summed E-state index contributed by atoms with van der Waals surface area (Å²) >= 11 is 0. The largest absolute Gasteiger partial charge is 0.412 e. The van der Waals surface area contributed by atoms with Crippen LogP contribution < -0.4 is 5.32 Å². The number of nitro groups is 1. The molecule has 0 heterocycles. The molecule has 6 N–H and O–H groups in total. The van der Waals surface area contributed by atoms with E-state index in [0.717, 1.165) is 6.07 Å². The predicted molar refractivity (Wildman–Crippen MR) is 79.8 cm³/mol. The minimum absolute atomic E-state index is 0. The number of azide groups is 1. The third-order valence-corrected chi connectivity index (χ3v) is 2.73. The Morgan fingerprint density at radius 1 is 1.41 bits per heavy atom. The standard InChI is InChI=1S/C8H9N5O5S.Na.2H2O/c9-12-11-6-1-2-7(8(5-6)13(14)15)10-3-4-19(16,17)18;;;/h1-2,5,10H,3-4H2,(H,16,17,18);;2*1H2. The van der Waals surface area contributed by atoms with Crippen molar-refractivity contribution in [3.05, 3.63) is 38.8 Å². The zero-order valence-corrected chi connectivity index (χ0v) is 14.2. The van der Waals surface area contributed by atoms with E-state index in [1.807, 2.05) is 0 Å². The van der Waals surface area contributed by atoms with Gasteiger partial charge in [-0.25, -0.2) is 0 Å². The van der Waals surface area contributed by atoms with Gasteiger partial charge in [-0.05, 0) is 11.6 Å². The third-order valence-electron chi connectivity index (χ3n) is 2.01. The smallest absolute Gasteiger partial charge is 0.292 e. The summed E-state index contributed by atoms with van der Waals surface area (Å²) in [6.45, 7) is -0.194. The van der Waals surface area contributed by atoms with Gasteiger partial charge in [0, 0.05) is 52.8 Å². The van der Waals surface area contributed by atoms with E-state index in [4.69, 9.17) is 10.1 Å². The summed E-state index contributed by atoms with van der Waals surface area (Å²) < 4.78 is 29.5. The molecule has 1 rings (SSSR count). The number of anilines is 1. The average Bonchev–Trinajstić information content (AvgIpc) is 2.29. The Balaban J connectivity index is -0.00000120. The van der Waals surface area contributed by atoms with Crippen LogP contribution in [0.5, 0.6) is 0 Å². The first kappa shape index (κ1) is 25.5. The fourth-order valence-electron chi connectivity index (χ4n) is 1.25. The number of hydrogen-bond acceptors (Lipinski definition) is 6. The van der Waals surface area contributed by atoms with E-state index >= 15 is 0 Å². The quantitative estimate of drug-likeness (QED) is 0.135. The van der Waals surface area contributed by atoms with Crippen molar-refractivity contribution in [1.82, 2.24) is 0 Å². The molecule has 0 saturated carbocycles. The Labute approximate surface area is 147 Å². The van der Waals surface area contributed by atoms with Crippen molar-refractivity contribution in [2.75, 3.05) is 17.6 Å². The summed E-state index contributed by atoms with van der Waals surface area (Å²) in [5, 5.41) is 16.5. The van der Waals surface area contributed by atoms with Crippen molar-refractivity contribution in [2.45, 2.75) is 0 Å². The van der Waals surface area contributed by atoms with Gasteiger partial charge in [-0.15, -0.1) is 0 Å². The van der Waals surface area contributed by atoms with E-state index in [2.05, 4.69) is 15.3 Å². The summed E-state index contributed by atoms with van der Waals surface area (Å²) in [6.07, 6.45) is 0. The topological polar surface area (TPSA) is 221 Å². The number of nitro benzene ring substituents is 1.